The summed E-state index contributed by atoms with van der Waals surface area (Å²) < 4.78 is 5.68. The van der Waals surface area contributed by atoms with Gasteiger partial charge in [0.2, 0.25) is 0 Å². The van der Waals surface area contributed by atoms with Crippen molar-refractivity contribution in [3.8, 4) is 0 Å². The van der Waals surface area contributed by atoms with Gasteiger partial charge in [0.15, 0.2) is 5.69 Å². The number of hydrogen-bond acceptors (Lipinski definition) is 4. The van der Waals surface area contributed by atoms with E-state index in [1.54, 1.807) is 0 Å². The molecule has 1 fully saturated rings. The summed E-state index contributed by atoms with van der Waals surface area (Å²) in [6.07, 6.45) is 4.48. The van der Waals surface area contributed by atoms with E-state index in [0.29, 0.717) is 18.8 Å². The second-order valence-corrected chi connectivity index (χ2v) is 5.98. The van der Waals surface area contributed by atoms with Gasteiger partial charge in [-0.3, -0.25) is 4.79 Å². The minimum atomic E-state index is -0.0960. The number of hydrogen-bond donors (Lipinski definition) is 1. The summed E-state index contributed by atoms with van der Waals surface area (Å²) >= 11 is 0. The minimum Gasteiger partial charge on any atom is -0.376 e. The number of benzene rings is 1. The van der Waals surface area contributed by atoms with Crippen molar-refractivity contribution < 1.29 is 9.53 Å². The Kier molecular flexibility index (Phi) is 5.02. The Morgan fingerprint density at radius 3 is 2.87 bits per heavy atom. The number of H-pyrrole nitrogens is 1. The molecule has 1 aromatic carbocycles. The van der Waals surface area contributed by atoms with Gasteiger partial charge in [0.25, 0.3) is 5.91 Å². The van der Waals surface area contributed by atoms with Crippen LogP contribution in [-0.4, -0.2) is 52.0 Å². The Hall–Kier alpha value is -2.21. The number of ether oxygens (including phenoxy) is 1. The summed E-state index contributed by atoms with van der Waals surface area (Å²) in [5, 5.41) is 10.1. The van der Waals surface area contributed by atoms with Gasteiger partial charge in [0.05, 0.1) is 12.3 Å². The van der Waals surface area contributed by atoms with Gasteiger partial charge in [-0.15, -0.1) is 0 Å². The molecule has 2 aromatic rings. The summed E-state index contributed by atoms with van der Waals surface area (Å²) in [6.45, 7) is 4.11. The van der Waals surface area contributed by atoms with Crippen molar-refractivity contribution >= 4 is 5.91 Å². The highest BCUT2D eigenvalue weighted by Gasteiger charge is 2.24. The van der Waals surface area contributed by atoms with E-state index >= 15 is 0 Å². The molecule has 1 aliphatic heterocycles. The van der Waals surface area contributed by atoms with E-state index in [1.165, 1.54) is 17.3 Å². The molecule has 1 atom stereocenters. The quantitative estimate of drug-likeness (QED) is 0.885. The van der Waals surface area contributed by atoms with E-state index in [0.717, 1.165) is 25.9 Å². The normalized spacial score (nSPS) is 17.3. The number of nitrogens with zero attached hydrogens (tertiary/aromatic N) is 3. The van der Waals surface area contributed by atoms with Crippen molar-refractivity contribution in [1.29, 1.82) is 0 Å². The van der Waals surface area contributed by atoms with Crippen molar-refractivity contribution in [2.45, 2.75) is 32.3 Å². The van der Waals surface area contributed by atoms with E-state index in [2.05, 4.69) is 46.6 Å². The Bertz CT molecular complexity index is 619. The topological polar surface area (TPSA) is 71.1 Å². The monoisotopic (exact) mass is 314 g/mol. The van der Waals surface area contributed by atoms with Crippen LogP contribution in [0.4, 0.5) is 0 Å². The van der Waals surface area contributed by atoms with Gasteiger partial charge in [-0.05, 0) is 31.7 Å². The minimum absolute atomic E-state index is 0.0960. The van der Waals surface area contributed by atoms with E-state index in [9.17, 15) is 4.79 Å². The lowest BCUT2D eigenvalue weighted by Gasteiger charge is -2.24. The first-order valence-electron chi connectivity index (χ1n) is 8.04. The molecule has 2 heterocycles. The molecule has 3 rings (SSSR count). The van der Waals surface area contributed by atoms with Crippen molar-refractivity contribution in [2.24, 2.45) is 0 Å². The van der Waals surface area contributed by atoms with Crippen LogP contribution in [0.25, 0.3) is 0 Å². The van der Waals surface area contributed by atoms with Gasteiger partial charge in [-0.1, -0.05) is 29.8 Å². The fourth-order valence-electron chi connectivity index (χ4n) is 2.80. The Balaban J connectivity index is 1.66. The number of aromatic amines is 1. The third-order valence-corrected chi connectivity index (χ3v) is 4.16. The zero-order chi connectivity index (χ0) is 16.1. The second kappa shape index (κ2) is 7.37. The molecule has 1 N–H and O–H groups in total. The fourth-order valence-corrected chi connectivity index (χ4v) is 2.80. The lowest BCUT2D eigenvalue weighted by atomic mass is 10.1. The smallest absolute Gasteiger partial charge is 0.276 e. The predicted molar refractivity (Wildman–Crippen MR) is 86.1 cm³/mol. The summed E-state index contributed by atoms with van der Waals surface area (Å²) in [7, 11) is 0. The van der Waals surface area contributed by atoms with Crippen LogP contribution in [0.15, 0.2) is 30.5 Å². The lowest BCUT2D eigenvalue weighted by Crippen LogP contribution is -2.39. The van der Waals surface area contributed by atoms with E-state index in [1.807, 2.05) is 4.90 Å². The molecule has 0 spiro atoms. The van der Waals surface area contributed by atoms with E-state index in [-0.39, 0.29) is 12.0 Å². The lowest BCUT2D eigenvalue weighted by molar-refractivity contribution is 0.0524. The summed E-state index contributed by atoms with van der Waals surface area (Å²) in [4.78, 5) is 14.4. The molecule has 1 saturated heterocycles. The van der Waals surface area contributed by atoms with E-state index in [4.69, 9.17) is 4.74 Å². The molecule has 6 heteroatoms. The maximum atomic E-state index is 12.6. The molecule has 0 saturated carbocycles. The van der Waals surface area contributed by atoms with Gasteiger partial charge in [0, 0.05) is 19.7 Å². The van der Waals surface area contributed by atoms with Crippen LogP contribution in [0, 0.1) is 6.92 Å². The summed E-state index contributed by atoms with van der Waals surface area (Å²) in [6, 6.07) is 8.42. The predicted octanol–water partition coefficient (Wildman–Crippen LogP) is 1.98. The fraction of sp³-hybridized carbons (Fsp3) is 0.471. The summed E-state index contributed by atoms with van der Waals surface area (Å²) in [5.74, 6) is -0.0960. The molecule has 1 aliphatic rings. The molecule has 1 amide bonds. The zero-order valence-electron chi connectivity index (χ0n) is 13.4. The molecule has 23 heavy (non-hydrogen) atoms. The summed E-state index contributed by atoms with van der Waals surface area (Å²) in [5.41, 5.74) is 2.82. The van der Waals surface area contributed by atoms with Crippen LogP contribution in [0.3, 0.4) is 0 Å². The van der Waals surface area contributed by atoms with Crippen molar-refractivity contribution in [2.75, 3.05) is 19.7 Å². The first-order chi connectivity index (χ1) is 11.2. The number of carbonyl (C=O) groups excluding carboxylic acids is 1. The number of rotatable bonds is 6. The zero-order valence-corrected chi connectivity index (χ0v) is 13.4. The maximum Gasteiger partial charge on any atom is 0.276 e. The third-order valence-electron chi connectivity index (χ3n) is 4.16. The molecule has 6 nitrogen and oxygen atoms in total. The average molecular weight is 314 g/mol. The second-order valence-electron chi connectivity index (χ2n) is 5.98. The molecule has 122 valence electrons. The van der Waals surface area contributed by atoms with Gasteiger partial charge in [-0.25, -0.2) is 0 Å². The highest BCUT2D eigenvalue weighted by molar-refractivity contribution is 5.91. The van der Waals surface area contributed by atoms with Gasteiger partial charge in [0.1, 0.15) is 0 Å². The number of aromatic nitrogens is 3. The first-order valence-corrected chi connectivity index (χ1v) is 8.04. The highest BCUT2D eigenvalue weighted by atomic mass is 16.5. The van der Waals surface area contributed by atoms with Crippen LogP contribution in [-0.2, 0) is 11.2 Å². The number of amides is 1. The van der Waals surface area contributed by atoms with Gasteiger partial charge < -0.3 is 9.64 Å². The van der Waals surface area contributed by atoms with Crippen LogP contribution < -0.4 is 0 Å². The standard InChI is InChI=1S/C17H22N4O2/c1-13-4-6-14(7-5-13)8-9-21(12-15-3-2-10-23-15)17(22)16-11-18-20-19-16/h4-7,11,15H,2-3,8-10,12H2,1H3,(H,18,19,20)/t15-/m1/s1. The molecule has 0 radical (unpaired) electrons. The third kappa shape index (κ3) is 4.16. The van der Waals surface area contributed by atoms with Crippen molar-refractivity contribution in [3.05, 3.63) is 47.3 Å². The highest BCUT2D eigenvalue weighted by Crippen LogP contribution is 2.15. The van der Waals surface area contributed by atoms with Crippen LogP contribution in [0.2, 0.25) is 0 Å². The maximum absolute atomic E-state index is 12.6. The molecular formula is C17H22N4O2. The number of aryl methyl sites for hydroxylation is 1. The Morgan fingerprint density at radius 1 is 1.39 bits per heavy atom. The largest absolute Gasteiger partial charge is 0.376 e. The molecule has 0 aliphatic carbocycles. The number of nitrogens with one attached hydrogen (secondary N) is 1. The van der Waals surface area contributed by atoms with Gasteiger partial charge >= 0.3 is 0 Å². The van der Waals surface area contributed by atoms with Crippen LogP contribution in [0.1, 0.15) is 34.5 Å². The number of carbonyl (C=O) groups is 1. The molecule has 1 aromatic heterocycles. The SMILES string of the molecule is Cc1ccc(CCN(C[C@H]2CCCO2)C(=O)c2cn[nH]n2)cc1. The first kappa shape index (κ1) is 15.7. The van der Waals surface area contributed by atoms with Crippen LogP contribution >= 0.6 is 0 Å². The van der Waals surface area contributed by atoms with Crippen molar-refractivity contribution in [3.63, 3.8) is 0 Å². The Morgan fingerprint density at radius 2 is 2.22 bits per heavy atom. The van der Waals surface area contributed by atoms with Gasteiger partial charge in [-0.2, -0.15) is 15.4 Å². The van der Waals surface area contributed by atoms with Crippen LogP contribution in [0.5, 0.6) is 0 Å². The molecular weight excluding hydrogens is 292 g/mol. The molecule has 0 bridgehead atoms. The van der Waals surface area contributed by atoms with Crippen molar-refractivity contribution in [1.82, 2.24) is 20.3 Å². The van der Waals surface area contributed by atoms with E-state index < -0.39 is 0 Å². The molecule has 0 unspecified atom stereocenters. The Labute approximate surface area is 135 Å². The average Bonchev–Trinajstić information content (AvgIpc) is 3.26.